The second-order valence-electron chi connectivity index (χ2n) is 6.62. The molecule has 24 heavy (non-hydrogen) atoms. The highest BCUT2D eigenvalue weighted by Gasteiger charge is 2.45. The quantitative estimate of drug-likeness (QED) is 0.638. The van der Waals surface area contributed by atoms with Crippen molar-refractivity contribution in [3.63, 3.8) is 0 Å². The average Bonchev–Trinajstić information content (AvgIpc) is 3.45. The van der Waals surface area contributed by atoms with E-state index in [1.54, 1.807) is 6.07 Å². The zero-order valence-corrected chi connectivity index (χ0v) is 12.9. The molecule has 7 heteroatoms. The lowest BCUT2D eigenvalue weighted by Gasteiger charge is -2.15. The van der Waals surface area contributed by atoms with Crippen molar-refractivity contribution >= 4 is 11.4 Å². The predicted octanol–water partition coefficient (Wildman–Crippen LogP) is 2.14. The van der Waals surface area contributed by atoms with Crippen molar-refractivity contribution in [1.29, 1.82) is 0 Å². The summed E-state index contributed by atoms with van der Waals surface area (Å²) in [4.78, 5) is 4.20. The molecule has 2 saturated carbocycles. The summed E-state index contributed by atoms with van der Waals surface area (Å²) in [5.74, 6) is -0.605. The van der Waals surface area contributed by atoms with Crippen LogP contribution < -0.4 is 16.2 Å². The van der Waals surface area contributed by atoms with Crippen molar-refractivity contribution in [3.05, 3.63) is 41.3 Å². The fourth-order valence-corrected chi connectivity index (χ4v) is 2.79. The number of halogens is 1. The maximum Gasteiger partial charge on any atom is 0.219 e. The summed E-state index contributed by atoms with van der Waals surface area (Å²) >= 11 is 0. The number of aliphatic hydroxyl groups is 2. The molecule has 2 aliphatic carbocycles. The maximum atomic E-state index is 14.3. The number of aromatic nitrogens is 1. The van der Waals surface area contributed by atoms with E-state index >= 15 is 0 Å². The van der Waals surface area contributed by atoms with Crippen LogP contribution in [0.5, 0.6) is 11.6 Å². The standard InChI is InChI=1S/C17H18FN3O3/c18-10-7-9(16(22)3-4-16)12(20)8-13(10)24-14-2-1-11(19)15(21-14)17(23)5-6-17/h1-2,7-8,22-23H,3-6,19-20H2. The van der Waals surface area contributed by atoms with Crippen molar-refractivity contribution < 1.29 is 19.3 Å². The van der Waals surface area contributed by atoms with E-state index in [0.717, 1.165) is 0 Å². The van der Waals surface area contributed by atoms with Gasteiger partial charge in [-0.25, -0.2) is 9.37 Å². The highest BCUT2D eigenvalue weighted by atomic mass is 19.1. The number of hydrogen-bond acceptors (Lipinski definition) is 6. The van der Waals surface area contributed by atoms with E-state index in [1.807, 2.05) is 0 Å². The molecule has 0 atom stereocenters. The Balaban J connectivity index is 1.65. The minimum Gasteiger partial charge on any atom is -0.436 e. The fourth-order valence-electron chi connectivity index (χ4n) is 2.79. The Morgan fingerprint density at radius 3 is 2.29 bits per heavy atom. The van der Waals surface area contributed by atoms with Crippen LogP contribution in [0.1, 0.15) is 36.9 Å². The molecule has 2 aliphatic rings. The molecule has 0 radical (unpaired) electrons. The largest absolute Gasteiger partial charge is 0.436 e. The molecule has 6 N–H and O–H groups in total. The van der Waals surface area contributed by atoms with Crippen molar-refractivity contribution in [2.24, 2.45) is 0 Å². The van der Waals surface area contributed by atoms with Crippen molar-refractivity contribution in [2.75, 3.05) is 11.5 Å². The first-order valence-corrected chi connectivity index (χ1v) is 7.80. The molecule has 0 aliphatic heterocycles. The Morgan fingerprint density at radius 2 is 1.67 bits per heavy atom. The lowest BCUT2D eigenvalue weighted by atomic mass is 10.1. The molecule has 0 spiro atoms. The molecule has 1 aromatic heterocycles. The van der Waals surface area contributed by atoms with Gasteiger partial charge in [-0.1, -0.05) is 0 Å². The molecule has 0 saturated heterocycles. The number of pyridine rings is 1. The van der Waals surface area contributed by atoms with E-state index in [-0.39, 0.29) is 17.3 Å². The summed E-state index contributed by atoms with van der Waals surface area (Å²) in [6.07, 6.45) is 2.31. The summed E-state index contributed by atoms with van der Waals surface area (Å²) < 4.78 is 19.8. The van der Waals surface area contributed by atoms with Crippen molar-refractivity contribution in [3.8, 4) is 11.6 Å². The lowest BCUT2D eigenvalue weighted by molar-refractivity contribution is 0.146. The SMILES string of the molecule is Nc1cc(Oc2ccc(N)c(C3(O)CC3)n2)c(F)cc1C1(O)CC1. The fraction of sp³-hybridized carbons (Fsp3) is 0.353. The Bertz CT molecular complexity index is 832. The molecule has 4 rings (SSSR count). The van der Waals surface area contributed by atoms with Crippen LogP contribution in [0.3, 0.4) is 0 Å². The van der Waals surface area contributed by atoms with Gasteiger partial charge in [0, 0.05) is 23.4 Å². The zero-order valence-electron chi connectivity index (χ0n) is 12.9. The summed E-state index contributed by atoms with van der Waals surface area (Å²) in [7, 11) is 0. The molecule has 0 unspecified atom stereocenters. The Kier molecular flexibility index (Phi) is 3.04. The van der Waals surface area contributed by atoms with Gasteiger partial charge in [-0.3, -0.25) is 0 Å². The first kappa shape index (κ1) is 15.2. The average molecular weight is 331 g/mol. The summed E-state index contributed by atoms with van der Waals surface area (Å²) in [6.45, 7) is 0. The molecule has 0 amide bonds. The van der Waals surface area contributed by atoms with Gasteiger partial charge in [0.05, 0.1) is 17.0 Å². The van der Waals surface area contributed by atoms with Crippen molar-refractivity contribution in [1.82, 2.24) is 4.98 Å². The first-order valence-electron chi connectivity index (χ1n) is 7.80. The minimum absolute atomic E-state index is 0.0912. The second-order valence-corrected chi connectivity index (χ2v) is 6.62. The molecule has 6 nitrogen and oxygen atoms in total. The van der Waals surface area contributed by atoms with Gasteiger partial charge in [0.15, 0.2) is 11.6 Å². The van der Waals surface area contributed by atoms with E-state index in [0.29, 0.717) is 42.6 Å². The highest BCUT2D eigenvalue weighted by Crippen LogP contribution is 2.49. The molecule has 0 bridgehead atoms. The number of rotatable bonds is 4. The van der Waals surface area contributed by atoms with Gasteiger partial charge in [0.1, 0.15) is 5.60 Å². The van der Waals surface area contributed by atoms with Crippen LogP contribution in [0, 0.1) is 5.82 Å². The summed E-state index contributed by atoms with van der Waals surface area (Å²) in [5, 5.41) is 20.3. The lowest BCUT2D eigenvalue weighted by Crippen LogP contribution is -2.12. The molecular weight excluding hydrogens is 313 g/mol. The number of nitrogen functional groups attached to an aromatic ring is 2. The van der Waals surface area contributed by atoms with Crippen LogP contribution in [-0.2, 0) is 11.2 Å². The smallest absolute Gasteiger partial charge is 0.219 e. The van der Waals surface area contributed by atoms with Gasteiger partial charge < -0.3 is 26.4 Å². The van der Waals surface area contributed by atoms with E-state index in [1.165, 1.54) is 18.2 Å². The molecular formula is C17H18FN3O3. The molecule has 126 valence electrons. The first-order chi connectivity index (χ1) is 11.3. The number of anilines is 2. The van der Waals surface area contributed by atoms with Gasteiger partial charge in [-0.05, 0) is 37.8 Å². The van der Waals surface area contributed by atoms with E-state index in [9.17, 15) is 14.6 Å². The Labute approximate surface area is 137 Å². The summed E-state index contributed by atoms with van der Waals surface area (Å²) in [6, 6.07) is 5.61. The second kappa shape index (κ2) is 4.81. The third-order valence-electron chi connectivity index (χ3n) is 4.61. The molecule has 2 fully saturated rings. The van der Waals surface area contributed by atoms with Gasteiger partial charge in [0.2, 0.25) is 5.88 Å². The van der Waals surface area contributed by atoms with Crippen LogP contribution in [0.2, 0.25) is 0 Å². The Morgan fingerprint density at radius 1 is 1.00 bits per heavy atom. The minimum atomic E-state index is -1.02. The molecule has 2 aromatic rings. The van der Waals surface area contributed by atoms with Crippen LogP contribution in [0.15, 0.2) is 24.3 Å². The van der Waals surface area contributed by atoms with Crippen molar-refractivity contribution in [2.45, 2.75) is 36.9 Å². The maximum absolute atomic E-state index is 14.3. The Hall–Kier alpha value is -2.38. The van der Waals surface area contributed by atoms with Crippen LogP contribution in [0.4, 0.5) is 15.8 Å². The zero-order chi connectivity index (χ0) is 17.1. The van der Waals surface area contributed by atoms with Gasteiger partial charge in [-0.15, -0.1) is 0 Å². The van der Waals surface area contributed by atoms with Crippen LogP contribution in [-0.4, -0.2) is 15.2 Å². The number of nitrogens with two attached hydrogens (primary N) is 2. The number of ether oxygens (including phenoxy) is 1. The normalized spacial score (nSPS) is 19.8. The number of nitrogens with zero attached hydrogens (tertiary/aromatic N) is 1. The third-order valence-corrected chi connectivity index (χ3v) is 4.61. The van der Waals surface area contributed by atoms with E-state index in [2.05, 4.69) is 4.98 Å². The molecule has 1 aromatic carbocycles. The van der Waals surface area contributed by atoms with Crippen LogP contribution in [0.25, 0.3) is 0 Å². The van der Waals surface area contributed by atoms with Gasteiger partial charge >= 0.3 is 0 Å². The van der Waals surface area contributed by atoms with Gasteiger partial charge in [0.25, 0.3) is 0 Å². The third kappa shape index (κ3) is 2.46. The van der Waals surface area contributed by atoms with E-state index < -0.39 is 17.0 Å². The van der Waals surface area contributed by atoms with Crippen LogP contribution >= 0.6 is 0 Å². The number of hydrogen-bond donors (Lipinski definition) is 4. The molecule has 1 heterocycles. The highest BCUT2D eigenvalue weighted by molar-refractivity contribution is 5.57. The summed E-state index contributed by atoms with van der Waals surface area (Å²) in [5.41, 5.74) is 11.1. The van der Waals surface area contributed by atoms with Gasteiger partial charge in [-0.2, -0.15) is 0 Å². The van der Waals surface area contributed by atoms with E-state index in [4.69, 9.17) is 16.2 Å². The monoisotopic (exact) mass is 331 g/mol. The number of benzene rings is 1. The predicted molar refractivity (Wildman–Crippen MR) is 85.8 cm³/mol. The topological polar surface area (TPSA) is 115 Å².